The normalized spacial score (nSPS) is 12.2. The Bertz CT molecular complexity index is 1700. The van der Waals surface area contributed by atoms with E-state index in [1.807, 2.05) is 17.5 Å². The second kappa shape index (κ2) is 12.3. The fourth-order valence-electron chi connectivity index (χ4n) is 4.93. The molecule has 0 fully saturated rings. The van der Waals surface area contributed by atoms with E-state index in [9.17, 15) is 4.79 Å². The largest absolute Gasteiger partial charge is 0.512 e. The van der Waals surface area contributed by atoms with Crippen LogP contribution >= 0.6 is 11.3 Å². The number of ketones is 1. The van der Waals surface area contributed by atoms with Crippen LogP contribution in [0.25, 0.3) is 42.2 Å². The number of benzene rings is 3. The molecule has 0 saturated carbocycles. The molecule has 0 aliphatic heterocycles. The van der Waals surface area contributed by atoms with Crippen molar-refractivity contribution in [2.75, 3.05) is 0 Å². The molecule has 0 spiro atoms. The third-order valence-electron chi connectivity index (χ3n) is 6.44. The van der Waals surface area contributed by atoms with Crippen molar-refractivity contribution < 1.29 is 30.0 Å². The number of aromatic nitrogens is 1. The minimum atomic E-state index is -0.125. The van der Waals surface area contributed by atoms with E-state index < -0.39 is 0 Å². The van der Waals surface area contributed by atoms with Crippen LogP contribution in [-0.4, -0.2) is 15.9 Å². The molecule has 5 rings (SSSR count). The second-order valence-corrected chi connectivity index (χ2v) is 13.5. The summed E-state index contributed by atoms with van der Waals surface area (Å²) in [7, 11) is 0. The second-order valence-electron chi connectivity index (χ2n) is 12.5. The molecule has 2 aromatic heterocycles. The predicted octanol–water partition coefficient (Wildman–Crippen LogP) is 9.99. The average Bonchev–Trinajstić information content (AvgIpc) is 3.19. The number of allylic oxidation sites excluding steroid dienone is 2. The van der Waals surface area contributed by atoms with Crippen LogP contribution in [0.15, 0.2) is 72.6 Å². The van der Waals surface area contributed by atoms with Gasteiger partial charge in [-0.15, -0.1) is 40.5 Å². The summed E-state index contributed by atoms with van der Waals surface area (Å²) < 4.78 is 2.59. The molecule has 0 saturated heterocycles. The summed E-state index contributed by atoms with van der Waals surface area (Å²) >= 11 is 1.86. The topological polar surface area (TPSA) is 50.2 Å². The Kier molecular flexibility index (Phi) is 9.77. The minimum Gasteiger partial charge on any atom is -0.512 e. The molecule has 40 heavy (non-hydrogen) atoms. The number of carbonyl (C=O) groups is 1. The van der Waals surface area contributed by atoms with Gasteiger partial charge in [-0.1, -0.05) is 82.8 Å². The van der Waals surface area contributed by atoms with E-state index in [1.54, 1.807) is 0 Å². The van der Waals surface area contributed by atoms with Crippen molar-refractivity contribution in [1.82, 2.24) is 4.98 Å². The van der Waals surface area contributed by atoms with Gasteiger partial charge < -0.3 is 5.11 Å². The molecular weight excluding hydrogens is 691 g/mol. The average molecular weight is 729 g/mol. The first-order chi connectivity index (χ1) is 18.2. The fourth-order valence-corrected chi connectivity index (χ4v) is 6.20. The van der Waals surface area contributed by atoms with E-state index in [1.165, 1.54) is 56.6 Å². The van der Waals surface area contributed by atoms with Crippen LogP contribution in [0.3, 0.4) is 0 Å². The summed E-state index contributed by atoms with van der Waals surface area (Å²) in [6.07, 6.45) is 4.20. The standard InChI is InChI=1S/C30H30NS.C5H8O2.Ir/c1-29(2,3)18-19-11-12-23-24-13-14-31-27(28(24)32-26(23)15-19)21-16-20-9-7-8-10-22(20)25(17-21)30(4,5)6;1-4(6)3-5(2)7;/h7-15,17H,18H2,1-6H3;3,6H,1-2H3;/q-1;;/b;4-3-;. The van der Waals surface area contributed by atoms with Crippen molar-refractivity contribution in [3.8, 4) is 11.3 Å². The van der Waals surface area contributed by atoms with Crippen molar-refractivity contribution in [2.24, 2.45) is 5.41 Å². The molecule has 0 atom stereocenters. The number of carbonyl (C=O) groups excluding carboxylic acids is 1. The van der Waals surface area contributed by atoms with Gasteiger partial charge in [0.1, 0.15) is 0 Å². The minimum absolute atomic E-state index is 0. The number of thiophene rings is 1. The van der Waals surface area contributed by atoms with Gasteiger partial charge in [0.25, 0.3) is 0 Å². The van der Waals surface area contributed by atoms with Crippen LogP contribution in [0.2, 0.25) is 0 Å². The number of aliphatic hydroxyl groups excluding tert-OH is 1. The summed E-state index contributed by atoms with van der Waals surface area (Å²) in [5.74, 6) is -0.0625. The molecule has 3 nitrogen and oxygen atoms in total. The van der Waals surface area contributed by atoms with Gasteiger partial charge >= 0.3 is 0 Å². The van der Waals surface area contributed by atoms with Gasteiger partial charge in [-0.05, 0) is 59.6 Å². The Balaban J connectivity index is 0.000000492. The molecule has 5 aromatic rings. The van der Waals surface area contributed by atoms with Gasteiger partial charge in [-0.3, -0.25) is 9.78 Å². The quantitative estimate of drug-likeness (QED) is 0.114. The molecular formula is C35H38IrNO2S-. The van der Waals surface area contributed by atoms with Gasteiger partial charge in [0.05, 0.1) is 5.76 Å². The van der Waals surface area contributed by atoms with Crippen LogP contribution in [-0.2, 0) is 36.7 Å². The SMILES string of the molecule is CC(=O)/C=C(/C)O.CC(C)(C)Cc1ccc2c(c1)sc1c(-c3[c-]c4ccccc4c(C(C)(C)C)c3)nccc12.[Ir]. The third kappa shape index (κ3) is 7.46. The van der Waals surface area contributed by atoms with Crippen molar-refractivity contribution in [2.45, 2.75) is 67.2 Å². The first-order valence-electron chi connectivity index (χ1n) is 13.4. The summed E-state index contributed by atoms with van der Waals surface area (Å²) in [6.45, 7) is 16.6. The maximum Gasteiger partial charge on any atom is 0.155 e. The van der Waals surface area contributed by atoms with Gasteiger partial charge in [0.15, 0.2) is 5.78 Å². The maximum atomic E-state index is 10.0. The van der Waals surface area contributed by atoms with E-state index in [0.717, 1.165) is 23.1 Å². The number of hydrogen-bond acceptors (Lipinski definition) is 4. The summed E-state index contributed by atoms with van der Waals surface area (Å²) in [5.41, 5.74) is 5.19. The third-order valence-corrected chi connectivity index (χ3v) is 7.61. The van der Waals surface area contributed by atoms with Crippen LogP contribution < -0.4 is 0 Å². The van der Waals surface area contributed by atoms with E-state index in [0.29, 0.717) is 0 Å². The number of aliphatic hydroxyl groups is 1. The number of rotatable bonds is 3. The Morgan fingerprint density at radius 2 is 1.65 bits per heavy atom. The van der Waals surface area contributed by atoms with Crippen LogP contribution in [0.1, 0.15) is 66.5 Å². The Morgan fingerprint density at radius 1 is 0.950 bits per heavy atom. The maximum absolute atomic E-state index is 10.0. The zero-order valence-corrected chi connectivity index (χ0v) is 27.8. The van der Waals surface area contributed by atoms with Crippen molar-refractivity contribution in [3.05, 3.63) is 89.8 Å². The summed E-state index contributed by atoms with van der Waals surface area (Å²) in [5, 5.41) is 13.4. The van der Waals surface area contributed by atoms with Crippen LogP contribution in [0, 0.1) is 11.5 Å². The van der Waals surface area contributed by atoms with Gasteiger partial charge in [-0.2, -0.15) is 0 Å². The number of nitrogens with zero attached hydrogens (tertiary/aromatic N) is 1. The molecule has 0 unspecified atom stereocenters. The predicted molar refractivity (Wildman–Crippen MR) is 168 cm³/mol. The first-order valence-corrected chi connectivity index (χ1v) is 14.2. The van der Waals surface area contributed by atoms with E-state index in [2.05, 4.69) is 102 Å². The van der Waals surface area contributed by atoms with Crippen LogP contribution in [0.5, 0.6) is 0 Å². The number of pyridine rings is 1. The number of hydrogen-bond donors (Lipinski definition) is 1. The van der Waals surface area contributed by atoms with Crippen LogP contribution in [0.4, 0.5) is 0 Å². The van der Waals surface area contributed by atoms with Crippen molar-refractivity contribution in [1.29, 1.82) is 0 Å². The molecule has 1 N–H and O–H groups in total. The van der Waals surface area contributed by atoms with Crippen molar-refractivity contribution in [3.63, 3.8) is 0 Å². The molecule has 0 bridgehead atoms. The molecule has 0 aliphatic carbocycles. The molecule has 5 heteroatoms. The Hall–Kier alpha value is -2.85. The smallest absolute Gasteiger partial charge is 0.155 e. The van der Waals surface area contributed by atoms with E-state index in [4.69, 9.17) is 10.1 Å². The van der Waals surface area contributed by atoms with E-state index >= 15 is 0 Å². The molecule has 2 heterocycles. The zero-order chi connectivity index (χ0) is 28.5. The summed E-state index contributed by atoms with van der Waals surface area (Å²) in [4.78, 5) is 14.9. The van der Waals surface area contributed by atoms with E-state index in [-0.39, 0.29) is 42.5 Å². The Labute approximate surface area is 255 Å². The van der Waals surface area contributed by atoms with Gasteiger partial charge in [0, 0.05) is 47.5 Å². The van der Waals surface area contributed by atoms with Gasteiger partial charge in [-0.25, -0.2) is 0 Å². The first kappa shape index (κ1) is 31.7. The monoisotopic (exact) mass is 729 g/mol. The summed E-state index contributed by atoms with van der Waals surface area (Å²) in [6, 6.07) is 23.7. The molecule has 211 valence electrons. The molecule has 0 amide bonds. The van der Waals surface area contributed by atoms with Gasteiger partial charge in [0.2, 0.25) is 0 Å². The molecule has 1 radical (unpaired) electrons. The van der Waals surface area contributed by atoms with Crippen molar-refractivity contribution >= 4 is 48.1 Å². The fraction of sp³-hybridized carbons (Fsp3) is 0.314. The molecule has 0 aliphatic rings. The molecule has 3 aromatic carbocycles. The zero-order valence-electron chi connectivity index (χ0n) is 24.6. The Morgan fingerprint density at radius 3 is 2.25 bits per heavy atom. The number of fused-ring (bicyclic) bond motifs is 4.